The Morgan fingerprint density at radius 1 is 1.00 bits per heavy atom. The van der Waals surface area contributed by atoms with E-state index in [0.717, 1.165) is 55.1 Å². The summed E-state index contributed by atoms with van der Waals surface area (Å²) in [7, 11) is 0. The molecule has 0 spiro atoms. The van der Waals surface area contributed by atoms with Gasteiger partial charge < -0.3 is 19.5 Å². The number of nitrogens with zero attached hydrogens (tertiary/aromatic N) is 1. The predicted molar refractivity (Wildman–Crippen MR) is 126 cm³/mol. The Bertz CT molecular complexity index is 841. The first-order valence-electron chi connectivity index (χ1n) is 13.4. The second-order valence-electron chi connectivity index (χ2n) is 12.0. The summed E-state index contributed by atoms with van der Waals surface area (Å²) in [6, 6.07) is 5.76. The number of carbonyl (C=O) groups is 1. The number of hydrogen-bond acceptors (Lipinski definition) is 5. The van der Waals surface area contributed by atoms with Gasteiger partial charge in [0.15, 0.2) is 11.5 Å². The van der Waals surface area contributed by atoms with E-state index in [1.807, 2.05) is 18.2 Å². The number of likely N-dealkylation sites (tertiary alicyclic amines) is 1. The number of fused-ring (bicyclic) bond motifs is 1. The summed E-state index contributed by atoms with van der Waals surface area (Å²) in [5, 5.41) is 11.4. The minimum absolute atomic E-state index is 0.0768. The fourth-order valence-corrected chi connectivity index (χ4v) is 8.38. The SMILES string of the molecule is O=C(C[C@@H](CN1CCCC1)C(O)c1ccc2c(c1)OCCO2)CC12CC3CC(CC(C3)C1)C2. The van der Waals surface area contributed by atoms with Crippen molar-refractivity contribution in [3.8, 4) is 11.5 Å². The highest BCUT2D eigenvalue weighted by Crippen LogP contribution is 2.61. The minimum Gasteiger partial charge on any atom is -0.486 e. The van der Waals surface area contributed by atoms with Crippen LogP contribution in [0.1, 0.15) is 75.9 Å². The molecule has 5 fully saturated rings. The molecular weight excluding hydrogens is 414 g/mol. The molecule has 0 radical (unpaired) electrons. The molecule has 4 bridgehead atoms. The van der Waals surface area contributed by atoms with Gasteiger partial charge in [0.25, 0.3) is 0 Å². The zero-order valence-electron chi connectivity index (χ0n) is 19.8. The molecule has 2 aliphatic heterocycles. The molecule has 180 valence electrons. The molecule has 5 heteroatoms. The molecule has 1 unspecified atom stereocenters. The first-order chi connectivity index (χ1) is 16.1. The molecule has 1 N–H and O–H groups in total. The summed E-state index contributed by atoms with van der Waals surface area (Å²) < 4.78 is 11.4. The molecule has 1 aromatic carbocycles. The smallest absolute Gasteiger partial charge is 0.161 e. The largest absolute Gasteiger partial charge is 0.486 e. The summed E-state index contributed by atoms with van der Waals surface area (Å²) in [4.78, 5) is 15.9. The van der Waals surface area contributed by atoms with Crippen LogP contribution in [0.25, 0.3) is 0 Å². The molecule has 2 heterocycles. The van der Waals surface area contributed by atoms with Crippen LogP contribution in [0.2, 0.25) is 0 Å². The van der Waals surface area contributed by atoms with Gasteiger partial charge in [0.1, 0.15) is 19.0 Å². The maximum Gasteiger partial charge on any atom is 0.161 e. The van der Waals surface area contributed by atoms with E-state index in [4.69, 9.17) is 9.47 Å². The fourth-order valence-electron chi connectivity index (χ4n) is 8.38. The number of aliphatic hydroxyl groups excluding tert-OH is 1. The Kier molecular flexibility index (Phi) is 5.90. The topological polar surface area (TPSA) is 59.0 Å². The van der Waals surface area contributed by atoms with Gasteiger partial charge in [-0.05, 0) is 105 Å². The lowest BCUT2D eigenvalue weighted by Gasteiger charge is -2.56. The van der Waals surface area contributed by atoms with E-state index in [0.29, 0.717) is 31.2 Å². The van der Waals surface area contributed by atoms with Gasteiger partial charge in [-0.25, -0.2) is 0 Å². The number of hydrogen-bond donors (Lipinski definition) is 1. The lowest BCUT2D eigenvalue weighted by Crippen LogP contribution is -2.47. The van der Waals surface area contributed by atoms with Crippen molar-refractivity contribution in [1.82, 2.24) is 4.90 Å². The molecule has 5 nitrogen and oxygen atoms in total. The summed E-state index contributed by atoms with van der Waals surface area (Å²) in [5.41, 5.74) is 1.11. The average Bonchev–Trinajstić information content (AvgIpc) is 3.29. The van der Waals surface area contributed by atoms with Crippen molar-refractivity contribution >= 4 is 5.78 Å². The summed E-state index contributed by atoms with van der Waals surface area (Å²) in [6.07, 6.45) is 11.0. The van der Waals surface area contributed by atoms with E-state index in [2.05, 4.69) is 4.90 Å². The Hall–Kier alpha value is -1.59. The van der Waals surface area contributed by atoms with Gasteiger partial charge in [-0.15, -0.1) is 0 Å². The van der Waals surface area contributed by atoms with E-state index >= 15 is 0 Å². The summed E-state index contributed by atoms with van der Waals surface area (Å²) in [6.45, 7) is 4.04. The van der Waals surface area contributed by atoms with Crippen molar-refractivity contribution in [3.05, 3.63) is 23.8 Å². The normalized spacial score (nSPS) is 34.4. The van der Waals surface area contributed by atoms with Crippen molar-refractivity contribution in [2.45, 2.75) is 70.3 Å². The molecule has 33 heavy (non-hydrogen) atoms. The maximum atomic E-state index is 13.5. The minimum atomic E-state index is -0.665. The zero-order valence-corrected chi connectivity index (χ0v) is 19.8. The van der Waals surface area contributed by atoms with Crippen LogP contribution in [-0.2, 0) is 4.79 Å². The van der Waals surface area contributed by atoms with Crippen molar-refractivity contribution in [3.63, 3.8) is 0 Å². The van der Waals surface area contributed by atoms with Crippen LogP contribution in [0, 0.1) is 29.1 Å². The number of benzene rings is 1. The number of rotatable bonds is 8. The van der Waals surface area contributed by atoms with Gasteiger partial charge in [-0.2, -0.15) is 0 Å². The van der Waals surface area contributed by atoms with Gasteiger partial charge in [0, 0.05) is 25.3 Å². The second-order valence-corrected chi connectivity index (χ2v) is 12.0. The predicted octanol–water partition coefficient (Wildman–Crippen LogP) is 4.77. The van der Waals surface area contributed by atoms with Crippen molar-refractivity contribution in [1.29, 1.82) is 0 Å². The molecule has 7 rings (SSSR count). The van der Waals surface area contributed by atoms with Gasteiger partial charge in [0.05, 0.1) is 6.10 Å². The molecule has 6 aliphatic rings. The van der Waals surface area contributed by atoms with Crippen LogP contribution in [0.3, 0.4) is 0 Å². The zero-order chi connectivity index (χ0) is 22.4. The number of ketones is 1. The second kappa shape index (κ2) is 8.88. The molecule has 4 saturated carbocycles. The highest BCUT2D eigenvalue weighted by molar-refractivity contribution is 5.79. The number of aliphatic hydroxyl groups is 1. The third kappa shape index (κ3) is 4.55. The van der Waals surface area contributed by atoms with Crippen LogP contribution < -0.4 is 9.47 Å². The Labute approximate surface area is 197 Å². The maximum absolute atomic E-state index is 13.5. The first-order valence-corrected chi connectivity index (χ1v) is 13.4. The highest BCUT2D eigenvalue weighted by atomic mass is 16.6. The quantitative estimate of drug-likeness (QED) is 0.614. The third-order valence-corrected chi connectivity index (χ3v) is 9.27. The van der Waals surface area contributed by atoms with E-state index in [1.54, 1.807) is 0 Å². The molecule has 4 aliphatic carbocycles. The van der Waals surface area contributed by atoms with Gasteiger partial charge >= 0.3 is 0 Å². The van der Waals surface area contributed by atoms with E-state index in [9.17, 15) is 9.90 Å². The van der Waals surface area contributed by atoms with Crippen LogP contribution in [-0.4, -0.2) is 48.6 Å². The summed E-state index contributed by atoms with van der Waals surface area (Å²) in [5.74, 6) is 4.35. The lowest BCUT2D eigenvalue weighted by atomic mass is 9.48. The number of carbonyl (C=O) groups excluding carboxylic acids is 1. The summed E-state index contributed by atoms with van der Waals surface area (Å²) >= 11 is 0. The molecule has 2 atom stereocenters. The Morgan fingerprint density at radius 2 is 1.64 bits per heavy atom. The van der Waals surface area contributed by atoms with Gasteiger partial charge in [0.2, 0.25) is 0 Å². The van der Waals surface area contributed by atoms with E-state index < -0.39 is 6.10 Å². The fraction of sp³-hybridized carbons (Fsp3) is 0.750. The lowest BCUT2D eigenvalue weighted by molar-refractivity contribution is -0.129. The molecular formula is C28H39NO4. The van der Waals surface area contributed by atoms with Crippen LogP contribution in [0.5, 0.6) is 11.5 Å². The monoisotopic (exact) mass is 453 g/mol. The average molecular weight is 454 g/mol. The van der Waals surface area contributed by atoms with Crippen LogP contribution in [0.15, 0.2) is 18.2 Å². The van der Waals surface area contributed by atoms with Gasteiger partial charge in [-0.3, -0.25) is 4.79 Å². The van der Waals surface area contributed by atoms with Crippen molar-refractivity contribution < 1.29 is 19.4 Å². The first kappa shape index (κ1) is 21.9. The standard InChI is InChI=1S/C28H39NO4/c30-24(17-28-14-19-9-20(15-28)11-21(10-19)16-28)12-23(18-29-5-1-2-6-29)27(31)22-3-4-25-26(13-22)33-8-7-32-25/h3-4,13,19-21,23,27,31H,1-2,5-12,14-18H2/t19?,20?,21?,23-,27?,28?/m0/s1. The number of ether oxygens (including phenoxy) is 2. The van der Waals surface area contributed by atoms with Crippen LogP contribution >= 0.6 is 0 Å². The highest BCUT2D eigenvalue weighted by Gasteiger charge is 2.51. The Morgan fingerprint density at radius 3 is 2.30 bits per heavy atom. The van der Waals surface area contributed by atoms with E-state index in [-0.39, 0.29) is 11.3 Å². The van der Waals surface area contributed by atoms with Crippen LogP contribution in [0.4, 0.5) is 0 Å². The molecule has 1 saturated heterocycles. The van der Waals surface area contributed by atoms with E-state index in [1.165, 1.54) is 51.4 Å². The molecule has 1 aromatic rings. The molecule has 0 aromatic heterocycles. The van der Waals surface area contributed by atoms with Crippen molar-refractivity contribution in [2.75, 3.05) is 32.8 Å². The Balaban J connectivity index is 1.17. The molecule has 0 amide bonds. The van der Waals surface area contributed by atoms with Crippen molar-refractivity contribution in [2.24, 2.45) is 29.1 Å². The third-order valence-electron chi connectivity index (χ3n) is 9.27. The van der Waals surface area contributed by atoms with Gasteiger partial charge in [-0.1, -0.05) is 6.07 Å². The number of Topliss-reactive ketones (excluding diaryl/α,β-unsaturated/α-hetero) is 1.